The number of hydrogen-bond donors (Lipinski definition) is 12. The van der Waals surface area contributed by atoms with Crippen LogP contribution in [0.1, 0.15) is 162 Å². The van der Waals surface area contributed by atoms with E-state index in [9.17, 15) is 77.3 Å². The first-order valence-corrected chi connectivity index (χ1v) is 47.6. The van der Waals surface area contributed by atoms with E-state index in [1.807, 2.05) is 0 Å². The minimum atomic E-state index is -2.81. The number of hydroxylamine groups is 4. The molecule has 614 valence electrons. The van der Waals surface area contributed by atoms with Crippen molar-refractivity contribution in [3.63, 3.8) is 0 Å². The van der Waals surface area contributed by atoms with Gasteiger partial charge in [-0.3, -0.25) is 53.1 Å². The molecule has 2 fully saturated rings. The van der Waals surface area contributed by atoms with Gasteiger partial charge in [-0.1, -0.05) is 38.1 Å². The van der Waals surface area contributed by atoms with Gasteiger partial charge < -0.3 is 69.3 Å². The molecule has 10 amide bonds. The Hall–Kier alpha value is -10.9. The minimum Gasteiger partial charge on any atom is -0.508 e. The van der Waals surface area contributed by atoms with Gasteiger partial charge >= 0.3 is 187 Å². The molecule has 34 nitrogen and oxygen atoms in total. The molecule has 113 heavy (non-hydrogen) atoms. The van der Waals surface area contributed by atoms with Crippen LogP contribution < -0.4 is 58.4 Å². The van der Waals surface area contributed by atoms with Crippen molar-refractivity contribution in [3.05, 3.63) is 124 Å². The third-order valence-electron chi connectivity index (χ3n) is 17.8. The largest absolute Gasteiger partial charge is 0.508 e. The number of guanidine groups is 2. The Labute approximate surface area is 660 Å². The molecule has 4 aromatic rings. The standard InChI is InChI=1S/C38H51N7O10.C37H48N7O10.3CH3.Sn/c1-24-18-27(21-29(19-24)37(53)55-45-32(48)11-12-33(45)49)35(51)41-13-3-4-16-54-17-15-42-36(52)28(20-26-7-9-30(46)10-8-26)22-31(47)23-44-34(50)25(2)6-5-14-43-38(39)40;1-24(6-5-16-42-37(38)39)33(49)43-23-30(46)22-28(20-25-9-11-29(45)12-10-25)35(51)41-17-19-53-18-3-2-15-40-34(50)26-7-4-8-27(21-26)36(52)54-44-31(47)13-14-32(44)48;;;;/h7-10,18-19,21,25,28,46H,3-6,11-17,20,22-23H2,1-2H3,(H,41,51)(H,42,52)(H,44,50)(H4,39,40,43);7-12,21,24,28,45H,2-3,5-6,13-20,22-23H2,1H3,(H,40,50)(H,41,51)(H,43,49)(H4,38,39,42);3*1H3;/t25-,28?;24-,28?;;;;/m00..../s1. The first-order chi connectivity index (χ1) is 53.7. The van der Waals surface area contributed by atoms with Crippen molar-refractivity contribution in [2.24, 2.45) is 56.6 Å². The van der Waals surface area contributed by atoms with Crippen LogP contribution in [0.4, 0.5) is 0 Å². The molecule has 4 aromatic carbocycles. The van der Waals surface area contributed by atoms with Gasteiger partial charge in [-0.2, -0.15) is 0 Å². The van der Waals surface area contributed by atoms with Gasteiger partial charge in [-0.15, -0.1) is 5.06 Å². The number of phenols is 2. The Balaban J connectivity index is 0.000000404. The van der Waals surface area contributed by atoms with E-state index in [4.69, 9.17) is 42.1 Å². The molecule has 2 saturated heterocycles. The van der Waals surface area contributed by atoms with Gasteiger partial charge in [-0.05, 0) is 117 Å². The first-order valence-electron chi connectivity index (χ1n) is 37.6. The second kappa shape index (κ2) is 48.1. The molecule has 6 rings (SSSR count). The summed E-state index contributed by atoms with van der Waals surface area (Å²) in [6.45, 7) is 7.78. The summed E-state index contributed by atoms with van der Waals surface area (Å²) in [7, 11) is 0. The summed E-state index contributed by atoms with van der Waals surface area (Å²) in [6, 6.07) is 22.0. The van der Waals surface area contributed by atoms with Crippen LogP contribution >= 0.6 is 0 Å². The van der Waals surface area contributed by atoms with Crippen LogP contribution in [0.3, 0.4) is 0 Å². The normalized spacial score (nSPS) is 13.6. The number of nitrogens with one attached hydrogen (secondary N) is 6. The third kappa shape index (κ3) is 34.7. The molecule has 0 aromatic heterocycles. The zero-order chi connectivity index (χ0) is 83.2. The Bertz CT molecular complexity index is 4000. The number of unbranched alkanes of at least 4 members (excludes halogenated alkanes) is 2. The number of amides is 10. The Morgan fingerprint density at radius 3 is 1.20 bits per heavy atom. The van der Waals surface area contributed by atoms with Gasteiger partial charge in [0.05, 0.1) is 25.3 Å². The van der Waals surface area contributed by atoms with Gasteiger partial charge in [0.2, 0.25) is 23.6 Å². The van der Waals surface area contributed by atoms with Crippen LogP contribution in [-0.4, -0.2) is 212 Å². The summed E-state index contributed by atoms with van der Waals surface area (Å²) in [4.78, 5) is 200. The minimum absolute atomic E-state index is 0.0149. The van der Waals surface area contributed by atoms with E-state index >= 15 is 0 Å². The van der Waals surface area contributed by atoms with E-state index in [1.54, 1.807) is 63.2 Å². The Kier molecular flexibility index (Phi) is 39.5. The van der Waals surface area contributed by atoms with Crippen molar-refractivity contribution in [3.8, 4) is 11.5 Å². The number of carbonyl (C=O) groups is 14. The molecule has 4 atom stereocenters. The number of aromatic hydroxyl groups is 2. The van der Waals surface area contributed by atoms with Gasteiger partial charge in [0, 0.05) is 87.7 Å². The Morgan fingerprint density at radius 1 is 0.460 bits per heavy atom. The molecule has 2 aliphatic heterocycles. The van der Waals surface area contributed by atoms with Crippen LogP contribution in [-0.2, 0) is 79.9 Å². The van der Waals surface area contributed by atoms with E-state index in [0.29, 0.717) is 106 Å². The first kappa shape index (κ1) is 92.7. The summed E-state index contributed by atoms with van der Waals surface area (Å²) < 4.78 is 12.2. The maximum atomic E-state index is 13.2. The van der Waals surface area contributed by atoms with E-state index in [2.05, 4.69) is 56.7 Å². The molecule has 0 aliphatic carbocycles. The van der Waals surface area contributed by atoms with E-state index < -0.39 is 71.7 Å². The number of hydrogen-bond acceptors (Lipinski definition) is 22. The van der Waals surface area contributed by atoms with Gasteiger partial charge in [0.15, 0.2) is 23.5 Å². The number of Topliss-reactive ketones (excluding diaryl/α,β-unsaturated/α-hetero) is 2. The van der Waals surface area contributed by atoms with Gasteiger partial charge in [0.25, 0.3) is 17.7 Å². The fourth-order valence-corrected chi connectivity index (χ4v) is 14.8. The van der Waals surface area contributed by atoms with Crippen molar-refractivity contribution in [1.82, 2.24) is 42.0 Å². The predicted octanol–water partition coefficient (Wildman–Crippen LogP) is 2.61. The van der Waals surface area contributed by atoms with Crippen LogP contribution in [0.25, 0.3) is 0 Å². The van der Waals surface area contributed by atoms with Crippen molar-refractivity contribution in [2.75, 3.05) is 78.8 Å². The molecule has 2 heterocycles. The second-order valence-electron chi connectivity index (χ2n) is 28.5. The molecule has 16 N–H and O–H groups in total. The molecule has 0 saturated carbocycles. The van der Waals surface area contributed by atoms with Crippen molar-refractivity contribution in [1.29, 1.82) is 0 Å². The molecular weight excluding hydrogens is 1570 g/mol. The summed E-state index contributed by atoms with van der Waals surface area (Å²) in [6.07, 6.45) is 4.85. The van der Waals surface area contributed by atoms with Crippen LogP contribution in [0.5, 0.6) is 11.5 Å². The summed E-state index contributed by atoms with van der Waals surface area (Å²) >= 11 is -2.81. The smallest absolute Gasteiger partial charge is 0.363 e. The van der Waals surface area contributed by atoms with Gasteiger partial charge in [0.1, 0.15) is 11.5 Å². The van der Waals surface area contributed by atoms with Crippen LogP contribution in [0.2, 0.25) is 14.8 Å². The number of imide groups is 2. The summed E-state index contributed by atoms with van der Waals surface area (Å²) in [5, 5.41) is 36.8. The van der Waals surface area contributed by atoms with Crippen molar-refractivity contribution in [2.45, 2.75) is 138 Å². The summed E-state index contributed by atoms with van der Waals surface area (Å²) in [5.41, 5.74) is 24.0. The molecule has 2 unspecified atom stereocenters. The summed E-state index contributed by atoms with van der Waals surface area (Å²) in [5.74, 6) is -8.86. The van der Waals surface area contributed by atoms with Crippen LogP contribution in [0, 0.1) is 30.6 Å². The quantitative estimate of drug-likeness (QED) is 0.00994. The number of ketones is 2. The predicted molar refractivity (Wildman–Crippen MR) is 418 cm³/mol. The second-order valence-corrected chi connectivity index (χ2v) is 43.0. The number of benzene rings is 4. The maximum absolute atomic E-state index is 13.2. The zero-order valence-electron chi connectivity index (χ0n) is 65.0. The average molecular weight is 1680 g/mol. The van der Waals surface area contributed by atoms with Crippen molar-refractivity contribution >= 4 is 116 Å². The van der Waals surface area contributed by atoms with E-state index in [-0.39, 0.29) is 189 Å². The number of nitrogens with zero attached hydrogens (tertiary/aromatic N) is 4. The van der Waals surface area contributed by atoms with E-state index in [1.165, 1.54) is 42.5 Å². The van der Waals surface area contributed by atoms with E-state index in [0.717, 1.165) is 14.7 Å². The Morgan fingerprint density at radius 2 is 0.823 bits per heavy atom. The number of nitrogens with two attached hydrogens (primary N) is 4. The number of carbonyl (C=O) groups excluding carboxylic acids is 14. The van der Waals surface area contributed by atoms with Crippen molar-refractivity contribution < 1.29 is 96.5 Å². The molecule has 2 aliphatic rings. The monoisotopic (exact) mass is 1680 g/mol. The fourth-order valence-electron chi connectivity index (χ4n) is 11.4. The molecule has 0 bridgehead atoms. The molecule has 35 heteroatoms. The van der Waals surface area contributed by atoms with Gasteiger partial charge in [-0.25, -0.2) is 4.79 Å². The van der Waals surface area contributed by atoms with Crippen LogP contribution in [0.15, 0.2) is 94.9 Å². The molecule has 0 spiro atoms. The average Bonchev–Trinajstić information content (AvgIpc) is 1.42. The topological polar surface area (TPSA) is 524 Å². The number of aryl methyl sites for hydroxylation is 1. The molecular formula is C78H108N14O20Sn. The SMILES string of the molecule is C[C@@H](CCCN=C(N)N)C(=O)NCC(=O)CC(Cc1ccc(O)cc1)C(=O)NCCOCCCCNC(=O)c1cc(C(=O)ON2C(=O)CCC2=O)c[c]([Sn]([CH3])([CH3])[CH3])c1.Cc1cc(C(=O)NCCCCOCCNC(=O)C(CC(=O)CNC(=O)[C@@H](C)CCCN=C(N)N)Cc2ccc(O)cc2)cc(C(=O)ON2C(=O)CCC2=O)c1. The maximum Gasteiger partial charge on any atom is 0.363 e. The fraction of sp³-hybridized carbons (Fsp3) is 0.487. The number of aliphatic imine (C=N–C) groups is 2. The third-order valence-corrected chi connectivity index (χ3v) is 23.6. The number of rotatable bonds is 47. The zero-order valence-corrected chi connectivity index (χ0v) is 67.9. The number of ether oxygens (including phenoxy) is 2. The molecule has 0 radical (unpaired) electrons. The number of phenolic OH excluding ortho intramolecular Hbond substituents is 2.